The van der Waals surface area contributed by atoms with Gasteiger partial charge in [-0.3, -0.25) is 4.79 Å². The van der Waals surface area contributed by atoms with E-state index in [-0.39, 0.29) is 12.4 Å². The summed E-state index contributed by atoms with van der Waals surface area (Å²) in [6.07, 6.45) is 2.72. The molecule has 2 heterocycles. The molecule has 4 rings (SSSR count). The maximum Gasteiger partial charge on any atom is 0.263 e. The monoisotopic (exact) mass is 421 g/mol. The van der Waals surface area contributed by atoms with Gasteiger partial charge in [0.2, 0.25) is 0 Å². The Balaban J connectivity index is 1.42. The molecule has 0 fully saturated rings. The Labute approximate surface area is 175 Å². The Kier molecular flexibility index (Phi) is 5.74. The summed E-state index contributed by atoms with van der Waals surface area (Å²) in [4.78, 5) is 20.5. The van der Waals surface area contributed by atoms with Gasteiger partial charge in [0.15, 0.2) is 6.61 Å². The van der Waals surface area contributed by atoms with E-state index in [1.165, 1.54) is 48.7 Å². The van der Waals surface area contributed by atoms with E-state index < -0.39 is 11.7 Å². The summed E-state index contributed by atoms with van der Waals surface area (Å²) < 4.78 is 25.9. The quantitative estimate of drug-likeness (QED) is 0.483. The molecular weight excluding hydrogens is 405 g/mol. The number of carbonyl (C=O) groups excluding carboxylic acids is 1. The van der Waals surface area contributed by atoms with Crippen LogP contribution in [0.5, 0.6) is 11.5 Å². The first-order valence-electron chi connectivity index (χ1n) is 9.04. The zero-order valence-electron chi connectivity index (χ0n) is 16.3. The lowest BCUT2D eigenvalue weighted by atomic mass is 10.1. The van der Waals surface area contributed by atoms with Crippen LogP contribution in [0.15, 0.2) is 61.2 Å². The maximum atomic E-state index is 13.7. The van der Waals surface area contributed by atoms with Crippen molar-refractivity contribution in [1.82, 2.24) is 30.2 Å². The van der Waals surface area contributed by atoms with Crippen LogP contribution in [-0.2, 0) is 4.79 Å². The van der Waals surface area contributed by atoms with Gasteiger partial charge in [0.25, 0.3) is 5.91 Å². The number of benzene rings is 2. The molecule has 2 aromatic carbocycles. The van der Waals surface area contributed by atoms with Crippen molar-refractivity contribution in [2.75, 3.05) is 19.0 Å². The van der Waals surface area contributed by atoms with Gasteiger partial charge in [-0.2, -0.15) is 0 Å². The van der Waals surface area contributed by atoms with Crippen LogP contribution in [0.4, 0.5) is 10.2 Å². The lowest BCUT2D eigenvalue weighted by Gasteiger charge is -2.10. The van der Waals surface area contributed by atoms with Crippen LogP contribution < -0.4 is 14.8 Å². The Bertz CT molecular complexity index is 1200. The van der Waals surface area contributed by atoms with E-state index in [0.717, 1.165) is 0 Å². The number of hydrogen-bond acceptors (Lipinski definition) is 8. The zero-order valence-corrected chi connectivity index (χ0v) is 16.3. The Morgan fingerprint density at radius 3 is 2.87 bits per heavy atom. The number of anilines is 1. The molecule has 0 bridgehead atoms. The molecule has 0 radical (unpaired) electrons. The highest BCUT2D eigenvalue weighted by molar-refractivity contribution is 5.91. The highest BCUT2D eigenvalue weighted by Crippen LogP contribution is 2.29. The minimum Gasteiger partial charge on any atom is -0.496 e. The number of hydrogen-bond donors (Lipinski definition) is 1. The molecule has 0 saturated carbocycles. The normalized spacial score (nSPS) is 10.5. The van der Waals surface area contributed by atoms with Crippen LogP contribution in [-0.4, -0.2) is 49.8 Å². The highest BCUT2D eigenvalue weighted by Gasteiger charge is 2.12. The van der Waals surface area contributed by atoms with E-state index in [2.05, 4.69) is 30.8 Å². The molecule has 1 amide bonds. The van der Waals surface area contributed by atoms with Crippen molar-refractivity contribution in [2.45, 2.75) is 0 Å². The molecule has 0 unspecified atom stereocenters. The number of amides is 1. The molecule has 11 heteroatoms. The summed E-state index contributed by atoms with van der Waals surface area (Å²) in [5.74, 6) is 0.299. The number of ether oxygens (including phenoxy) is 2. The number of nitrogens with zero attached hydrogens (tertiary/aromatic N) is 6. The number of aromatic nitrogens is 6. The summed E-state index contributed by atoms with van der Waals surface area (Å²) in [7, 11) is 1.48. The van der Waals surface area contributed by atoms with Gasteiger partial charge in [0, 0.05) is 17.7 Å². The van der Waals surface area contributed by atoms with Gasteiger partial charge in [0.1, 0.15) is 35.8 Å². The molecule has 0 atom stereocenters. The van der Waals surface area contributed by atoms with Crippen LogP contribution in [0, 0.1) is 5.82 Å². The van der Waals surface area contributed by atoms with Crippen molar-refractivity contribution in [3.05, 3.63) is 67.0 Å². The first-order chi connectivity index (χ1) is 15.1. The fourth-order valence-electron chi connectivity index (χ4n) is 2.78. The number of tetrazole rings is 1. The number of nitrogens with one attached hydrogen (secondary N) is 1. The van der Waals surface area contributed by atoms with E-state index in [9.17, 15) is 9.18 Å². The second-order valence-electron chi connectivity index (χ2n) is 6.22. The van der Waals surface area contributed by atoms with Crippen LogP contribution in [0.2, 0.25) is 0 Å². The summed E-state index contributed by atoms with van der Waals surface area (Å²) in [5, 5.41) is 13.6. The average molecular weight is 421 g/mol. The largest absolute Gasteiger partial charge is 0.496 e. The minimum absolute atomic E-state index is 0.243. The van der Waals surface area contributed by atoms with E-state index in [1.807, 2.05) is 0 Å². The number of methoxy groups -OCH3 is 1. The van der Waals surface area contributed by atoms with Gasteiger partial charge in [-0.25, -0.2) is 19.0 Å². The summed E-state index contributed by atoms with van der Waals surface area (Å²) in [6.45, 7) is -0.248. The molecule has 2 aromatic heterocycles. The molecule has 31 heavy (non-hydrogen) atoms. The minimum atomic E-state index is -0.433. The predicted octanol–water partition coefficient (Wildman–Crippen LogP) is 2.28. The first-order valence-corrected chi connectivity index (χ1v) is 9.04. The molecule has 1 N–H and O–H groups in total. The topological polar surface area (TPSA) is 117 Å². The Hall–Kier alpha value is -4.41. The summed E-state index contributed by atoms with van der Waals surface area (Å²) in [6, 6.07) is 12.6. The Morgan fingerprint density at radius 2 is 2.06 bits per heavy atom. The van der Waals surface area contributed by atoms with Crippen molar-refractivity contribution in [3.8, 4) is 28.4 Å². The molecule has 0 aliphatic heterocycles. The third-order valence-corrected chi connectivity index (χ3v) is 4.17. The van der Waals surface area contributed by atoms with Crippen molar-refractivity contribution >= 4 is 11.7 Å². The molecule has 0 saturated heterocycles. The average Bonchev–Trinajstić information content (AvgIpc) is 3.33. The van der Waals surface area contributed by atoms with Crippen molar-refractivity contribution < 1.29 is 18.7 Å². The lowest BCUT2D eigenvalue weighted by Crippen LogP contribution is -2.21. The lowest BCUT2D eigenvalue weighted by molar-refractivity contribution is -0.118. The van der Waals surface area contributed by atoms with Gasteiger partial charge in [0.05, 0.1) is 18.5 Å². The molecular formula is C20H16FN7O3. The van der Waals surface area contributed by atoms with E-state index >= 15 is 0 Å². The van der Waals surface area contributed by atoms with Crippen molar-refractivity contribution in [2.24, 2.45) is 0 Å². The molecule has 0 aliphatic carbocycles. The number of halogens is 1. The fraction of sp³-hybridized carbons (Fsp3) is 0.100. The molecule has 0 aliphatic rings. The molecule has 0 spiro atoms. The van der Waals surface area contributed by atoms with Gasteiger partial charge < -0.3 is 14.8 Å². The predicted molar refractivity (Wildman–Crippen MR) is 107 cm³/mol. The Morgan fingerprint density at radius 1 is 1.16 bits per heavy atom. The second kappa shape index (κ2) is 8.95. The van der Waals surface area contributed by atoms with Crippen LogP contribution in [0.25, 0.3) is 16.9 Å². The van der Waals surface area contributed by atoms with Crippen LogP contribution >= 0.6 is 0 Å². The van der Waals surface area contributed by atoms with Gasteiger partial charge in [-0.15, -0.1) is 5.10 Å². The number of carbonyl (C=O) groups is 1. The second-order valence-corrected chi connectivity index (χ2v) is 6.22. The van der Waals surface area contributed by atoms with E-state index in [4.69, 9.17) is 9.47 Å². The highest BCUT2D eigenvalue weighted by atomic mass is 19.1. The standard InChI is InChI=1S/C20H16FN7O3/c1-30-18-6-5-13(21)7-16(18)17-9-19(23-11-22-17)25-20(29)10-31-15-4-2-3-14(8-15)28-12-24-26-27-28/h2-9,11-12H,10H2,1H3,(H,22,23,25,29). The SMILES string of the molecule is COc1ccc(F)cc1-c1cc(NC(=O)COc2cccc(-n3cnnn3)c2)ncn1. The van der Waals surface area contributed by atoms with Gasteiger partial charge in [-0.1, -0.05) is 6.07 Å². The van der Waals surface area contributed by atoms with Crippen LogP contribution in [0.1, 0.15) is 0 Å². The third kappa shape index (κ3) is 4.78. The van der Waals surface area contributed by atoms with Gasteiger partial charge >= 0.3 is 0 Å². The van der Waals surface area contributed by atoms with Crippen molar-refractivity contribution in [3.63, 3.8) is 0 Å². The molecule has 156 valence electrons. The molecule has 4 aromatic rings. The van der Waals surface area contributed by atoms with Crippen molar-refractivity contribution in [1.29, 1.82) is 0 Å². The van der Waals surface area contributed by atoms with Gasteiger partial charge in [-0.05, 0) is 40.8 Å². The summed E-state index contributed by atoms with van der Waals surface area (Å²) in [5.41, 5.74) is 1.53. The maximum absolute atomic E-state index is 13.7. The smallest absolute Gasteiger partial charge is 0.263 e. The summed E-state index contributed by atoms with van der Waals surface area (Å²) >= 11 is 0. The third-order valence-electron chi connectivity index (χ3n) is 4.17. The number of rotatable bonds is 7. The first kappa shape index (κ1) is 19.9. The fourth-order valence-corrected chi connectivity index (χ4v) is 2.78. The molecule has 10 nitrogen and oxygen atoms in total. The zero-order chi connectivity index (χ0) is 21.6. The van der Waals surface area contributed by atoms with E-state index in [1.54, 1.807) is 24.3 Å². The van der Waals surface area contributed by atoms with Crippen LogP contribution in [0.3, 0.4) is 0 Å². The van der Waals surface area contributed by atoms with E-state index in [0.29, 0.717) is 28.4 Å².